The molecule has 0 unspecified atom stereocenters. The van der Waals surface area contributed by atoms with Crippen molar-refractivity contribution < 1.29 is 4.92 Å². The first-order chi connectivity index (χ1) is 9.47. The standard InChI is InChI=1S/C13H9Br2ClN2O2/c14-11-5-9(16)2-1-8(11)7-17-10-3-4-13(18(19)20)12(15)6-10/h1-6,17H,7H2. The van der Waals surface area contributed by atoms with Gasteiger partial charge in [-0.2, -0.15) is 0 Å². The van der Waals surface area contributed by atoms with Crippen LogP contribution in [0.4, 0.5) is 11.4 Å². The summed E-state index contributed by atoms with van der Waals surface area (Å²) >= 11 is 12.5. The SMILES string of the molecule is O=[N+]([O-])c1ccc(NCc2ccc(Cl)cc2Br)cc1Br. The van der Waals surface area contributed by atoms with E-state index >= 15 is 0 Å². The normalized spacial score (nSPS) is 10.3. The Kier molecular flexibility index (Phi) is 5.01. The fraction of sp³-hybridized carbons (Fsp3) is 0.0769. The number of nitrogens with one attached hydrogen (secondary N) is 1. The van der Waals surface area contributed by atoms with Gasteiger partial charge in [0.1, 0.15) is 0 Å². The van der Waals surface area contributed by atoms with E-state index in [1.165, 1.54) is 6.07 Å². The molecule has 0 amide bonds. The van der Waals surface area contributed by atoms with Crippen molar-refractivity contribution >= 4 is 54.8 Å². The molecule has 0 spiro atoms. The van der Waals surface area contributed by atoms with Crippen LogP contribution >= 0.6 is 43.5 Å². The van der Waals surface area contributed by atoms with Gasteiger partial charge in [-0.25, -0.2) is 0 Å². The lowest BCUT2D eigenvalue weighted by molar-refractivity contribution is -0.385. The predicted molar refractivity (Wildman–Crippen MR) is 87.3 cm³/mol. The van der Waals surface area contributed by atoms with Crippen LogP contribution in [0.5, 0.6) is 0 Å². The minimum absolute atomic E-state index is 0.0447. The summed E-state index contributed by atoms with van der Waals surface area (Å²) in [5.74, 6) is 0. The quantitative estimate of drug-likeness (QED) is 0.533. The first kappa shape index (κ1) is 15.3. The Morgan fingerprint density at radius 1 is 1.15 bits per heavy atom. The van der Waals surface area contributed by atoms with Crippen LogP contribution in [0, 0.1) is 10.1 Å². The smallest absolute Gasteiger partial charge is 0.283 e. The van der Waals surface area contributed by atoms with Gasteiger partial charge in [-0.3, -0.25) is 10.1 Å². The molecule has 2 rings (SSSR count). The fourth-order valence-corrected chi connectivity index (χ4v) is 2.97. The molecular formula is C13H9Br2ClN2O2. The molecule has 2 aromatic carbocycles. The molecule has 7 heteroatoms. The van der Waals surface area contributed by atoms with Crippen molar-refractivity contribution in [3.63, 3.8) is 0 Å². The third kappa shape index (κ3) is 3.71. The Morgan fingerprint density at radius 3 is 2.50 bits per heavy atom. The van der Waals surface area contributed by atoms with Gasteiger partial charge in [-0.05, 0) is 45.8 Å². The molecule has 0 radical (unpaired) electrons. The molecule has 0 aliphatic carbocycles. The van der Waals surface area contributed by atoms with Crippen molar-refractivity contribution in [1.29, 1.82) is 0 Å². The number of hydrogen-bond donors (Lipinski definition) is 1. The average Bonchev–Trinajstić information content (AvgIpc) is 2.37. The highest BCUT2D eigenvalue weighted by molar-refractivity contribution is 9.10. The van der Waals surface area contributed by atoms with Crippen LogP contribution < -0.4 is 5.32 Å². The average molecular weight is 420 g/mol. The van der Waals surface area contributed by atoms with E-state index in [1.54, 1.807) is 12.1 Å². The molecule has 0 heterocycles. The highest BCUT2D eigenvalue weighted by atomic mass is 79.9. The van der Waals surface area contributed by atoms with Crippen LogP contribution in [0.1, 0.15) is 5.56 Å². The van der Waals surface area contributed by atoms with Crippen molar-refractivity contribution in [2.45, 2.75) is 6.54 Å². The summed E-state index contributed by atoms with van der Waals surface area (Å²) in [6, 6.07) is 10.4. The van der Waals surface area contributed by atoms with Crippen molar-refractivity contribution in [2.24, 2.45) is 0 Å². The van der Waals surface area contributed by atoms with E-state index in [0.29, 0.717) is 16.0 Å². The number of nitrogens with zero attached hydrogens (tertiary/aromatic N) is 1. The van der Waals surface area contributed by atoms with E-state index in [-0.39, 0.29) is 5.69 Å². The van der Waals surface area contributed by atoms with Crippen LogP contribution in [0.25, 0.3) is 0 Å². The van der Waals surface area contributed by atoms with E-state index in [4.69, 9.17) is 11.6 Å². The van der Waals surface area contributed by atoms with Gasteiger partial charge >= 0.3 is 0 Å². The molecule has 0 aliphatic heterocycles. The highest BCUT2D eigenvalue weighted by Crippen LogP contribution is 2.28. The molecule has 104 valence electrons. The zero-order valence-corrected chi connectivity index (χ0v) is 14.0. The van der Waals surface area contributed by atoms with Gasteiger partial charge in [0, 0.05) is 27.8 Å². The number of nitro groups is 1. The van der Waals surface area contributed by atoms with E-state index < -0.39 is 4.92 Å². The molecule has 0 saturated carbocycles. The summed E-state index contributed by atoms with van der Waals surface area (Å²) in [7, 11) is 0. The number of nitro benzene ring substituents is 1. The first-order valence-corrected chi connectivity index (χ1v) is 7.55. The van der Waals surface area contributed by atoms with Crippen LogP contribution in [-0.4, -0.2) is 4.92 Å². The molecule has 0 aliphatic rings. The maximum atomic E-state index is 10.7. The second-order valence-electron chi connectivity index (χ2n) is 4.01. The van der Waals surface area contributed by atoms with Crippen molar-refractivity contribution in [2.75, 3.05) is 5.32 Å². The van der Waals surface area contributed by atoms with E-state index in [0.717, 1.165) is 15.7 Å². The maximum absolute atomic E-state index is 10.7. The Hall–Kier alpha value is -1.11. The topological polar surface area (TPSA) is 55.2 Å². The van der Waals surface area contributed by atoms with Crippen LogP contribution in [0.15, 0.2) is 45.3 Å². The Morgan fingerprint density at radius 2 is 1.90 bits per heavy atom. The van der Waals surface area contributed by atoms with Crippen molar-refractivity contribution in [3.05, 3.63) is 66.0 Å². The molecule has 0 aromatic heterocycles. The Bertz CT molecular complexity index is 665. The van der Waals surface area contributed by atoms with Crippen molar-refractivity contribution in [3.8, 4) is 0 Å². The summed E-state index contributed by atoms with van der Waals surface area (Å²) in [6.07, 6.45) is 0. The first-order valence-electron chi connectivity index (χ1n) is 5.59. The molecule has 0 saturated heterocycles. The fourth-order valence-electron chi connectivity index (χ4n) is 1.63. The van der Waals surface area contributed by atoms with Gasteiger partial charge in [0.2, 0.25) is 0 Å². The number of hydrogen-bond acceptors (Lipinski definition) is 3. The Balaban J connectivity index is 2.11. The number of rotatable bonds is 4. The lowest BCUT2D eigenvalue weighted by Crippen LogP contribution is -2.00. The molecular weight excluding hydrogens is 411 g/mol. The molecule has 0 fully saturated rings. The van der Waals surface area contributed by atoms with E-state index in [9.17, 15) is 10.1 Å². The van der Waals surface area contributed by atoms with E-state index in [2.05, 4.69) is 37.2 Å². The lowest BCUT2D eigenvalue weighted by atomic mass is 10.2. The monoisotopic (exact) mass is 418 g/mol. The van der Waals surface area contributed by atoms with Crippen LogP contribution in [-0.2, 0) is 6.54 Å². The van der Waals surface area contributed by atoms with Crippen molar-refractivity contribution in [1.82, 2.24) is 0 Å². The molecule has 1 N–H and O–H groups in total. The van der Waals surface area contributed by atoms with Gasteiger partial charge in [0.25, 0.3) is 5.69 Å². The van der Waals surface area contributed by atoms with E-state index in [1.807, 2.05) is 18.2 Å². The highest BCUT2D eigenvalue weighted by Gasteiger charge is 2.11. The van der Waals surface area contributed by atoms with Gasteiger partial charge < -0.3 is 5.32 Å². The summed E-state index contributed by atoms with van der Waals surface area (Å²) < 4.78 is 1.36. The van der Waals surface area contributed by atoms with Crippen LogP contribution in [0.2, 0.25) is 5.02 Å². The van der Waals surface area contributed by atoms with Gasteiger partial charge in [-0.15, -0.1) is 0 Å². The largest absolute Gasteiger partial charge is 0.381 e. The molecule has 20 heavy (non-hydrogen) atoms. The summed E-state index contributed by atoms with van der Waals surface area (Å²) in [6.45, 7) is 0.585. The molecule has 0 atom stereocenters. The summed E-state index contributed by atoms with van der Waals surface area (Å²) in [5, 5.41) is 14.6. The minimum atomic E-state index is -0.427. The Labute approximate surface area is 137 Å². The zero-order chi connectivity index (χ0) is 14.7. The zero-order valence-electron chi connectivity index (χ0n) is 10.1. The molecule has 4 nitrogen and oxygen atoms in total. The van der Waals surface area contributed by atoms with Gasteiger partial charge in [0.05, 0.1) is 9.40 Å². The summed E-state index contributed by atoms with van der Waals surface area (Å²) in [5.41, 5.74) is 1.89. The minimum Gasteiger partial charge on any atom is -0.381 e. The number of halogens is 3. The third-order valence-electron chi connectivity index (χ3n) is 2.64. The second-order valence-corrected chi connectivity index (χ2v) is 6.16. The summed E-state index contributed by atoms with van der Waals surface area (Å²) in [4.78, 5) is 10.3. The number of anilines is 1. The molecule has 0 bridgehead atoms. The maximum Gasteiger partial charge on any atom is 0.283 e. The third-order valence-corrected chi connectivity index (χ3v) is 4.25. The number of benzene rings is 2. The van der Waals surface area contributed by atoms with Gasteiger partial charge in [0.15, 0.2) is 0 Å². The predicted octanol–water partition coefficient (Wildman–Crippen LogP) is 5.39. The lowest BCUT2D eigenvalue weighted by Gasteiger charge is -2.09. The van der Waals surface area contributed by atoms with Gasteiger partial charge in [-0.1, -0.05) is 33.6 Å². The van der Waals surface area contributed by atoms with Crippen LogP contribution in [0.3, 0.4) is 0 Å². The second kappa shape index (κ2) is 6.56. The molecule has 2 aromatic rings.